The van der Waals surface area contributed by atoms with E-state index >= 15 is 0 Å². The smallest absolute Gasteiger partial charge is 0.0803 e. The second-order valence-corrected chi connectivity index (χ2v) is 15.4. The van der Waals surface area contributed by atoms with Gasteiger partial charge in [0.2, 0.25) is 0 Å². The summed E-state index contributed by atoms with van der Waals surface area (Å²) in [7, 11) is 0. The summed E-state index contributed by atoms with van der Waals surface area (Å²) in [4.78, 5) is 17.1. The number of fused-ring (bicyclic) bond motifs is 8. The summed E-state index contributed by atoms with van der Waals surface area (Å²) < 4.78 is 9.44. The molecule has 32 heavy (non-hydrogen) atoms. The van der Waals surface area contributed by atoms with Gasteiger partial charge >= 0.3 is 0 Å². The first-order valence-corrected chi connectivity index (χ1v) is 17.3. The van der Waals surface area contributed by atoms with Gasteiger partial charge in [-0.15, -0.1) is 0 Å². The topological polar surface area (TPSA) is 57.4 Å². The Hall–Kier alpha value is 2.44. The molecule has 3 aromatic rings. The summed E-state index contributed by atoms with van der Waals surface area (Å²) in [5, 5.41) is 0. The van der Waals surface area contributed by atoms with Gasteiger partial charge in [0.15, 0.2) is 0 Å². The monoisotopic (exact) mass is 1320 g/mol. The number of nitrogens with one attached hydrogen (secondary N) is 2. The first-order valence-electron chi connectivity index (χ1n) is 8.72. The molecule has 5 rings (SSSR count). The van der Waals surface area contributed by atoms with E-state index in [-0.39, 0.29) is 0 Å². The third-order valence-electron chi connectivity index (χ3n) is 4.76. The summed E-state index contributed by atoms with van der Waals surface area (Å²) in [6.45, 7) is 0. The number of hydrogen-bond donors (Lipinski definition) is 2. The molecule has 0 radical (unpaired) electrons. The fourth-order valence-electron chi connectivity index (χ4n) is 3.22. The second kappa shape index (κ2) is 10.3. The fraction of sp³-hybridized carbons (Fsp3) is 0. The van der Waals surface area contributed by atoms with Crippen LogP contribution < -0.4 is 0 Å². The Bertz CT molecular complexity index is 1340. The maximum absolute atomic E-state index is 4.97. The minimum absolute atomic E-state index is 0.983. The first-order chi connectivity index (χ1) is 15.2. The van der Waals surface area contributed by atoms with E-state index in [0.29, 0.717) is 0 Å². The lowest BCUT2D eigenvalue weighted by Crippen LogP contribution is -1.78. The quantitative estimate of drug-likeness (QED) is 0.221. The van der Waals surface area contributed by atoms with Gasteiger partial charge in [-0.2, -0.15) is 0 Å². The lowest BCUT2D eigenvalue weighted by Gasteiger charge is -1.91. The van der Waals surface area contributed by atoms with Gasteiger partial charge < -0.3 is 9.97 Å². The zero-order valence-electron chi connectivity index (χ0n) is 15.2. The molecule has 0 amide bonds. The van der Waals surface area contributed by atoms with Gasteiger partial charge in [-0.1, -0.05) is 0 Å². The number of halogens is 8. The van der Waals surface area contributed by atoms with Gasteiger partial charge in [0.05, 0.1) is 73.4 Å². The summed E-state index contributed by atoms with van der Waals surface area (Å²) in [6, 6.07) is 8.59. The van der Waals surface area contributed by atoms with Crippen LogP contribution in [0.2, 0.25) is 0 Å². The van der Waals surface area contributed by atoms with E-state index in [1.165, 1.54) is 28.6 Å². The highest BCUT2D eigenvalue weighted by Crippen LogP contribution is 2.42. The van der Waals surface area contributed by atoms with Crippen molar-refractivity contribution < 1.29 is 0 Å². The minimum Gasteiger partial charge on any atom is -0.354 e. The van der Waals surface area contributed by atoms with Crippen LogP contribution in [0.5, 0.6) is 0 Å². The van der Waals surface area contributed by atoms with Gasteiger partial charge in [0, 0.05) is 0 Å². The Kier molecular flexibility index (Phi) is 8.39. The second-order valence-electron chi connectivity index (χ2n) is 6.76. The van der Waals surface area contributed by atoms with E-state index in [0.717, 1.165) is 44.8 Å². The molecule has 12 heteroatoms. The van der Waals surface area contributed by atoms with Crippen molar-refractivity contribution >= 4 is 217 Å². The Balaban J connectivity index is 1.99. The van der Waals surface area contributed by atoms with Crippen LogP contribution >= 0.6 is 181 Å². The predicted octanol–water partition coefficient (Wildman–Crippen LogP) is 10.1. The average molecular weight is 1320 g/mol. The molecule has 4 nitrogen and oxygen atoms in total. The Labute approximate surface area is 292 Å². The SMILES string of the molecule is IC1=C(I)c2cc3[nH]c(cc4nc(cc5[nH]c(cc1n2)c(I)c5I)C(I)=C4I)c(I)c3I. The van der Waals surface area contributed by atoms with E-state index in [4.69, 9.17) is 9.97 Å². The molecule has 8 bridgehead atoms. The summed E-state index contributed by atoms with van der Waals surface area (Å²) >= 11 is 19.2. The van der Waals surface area contributed by atoms with Crippen LogP contribution in [0.1, 0.15) is 22.8 Å². The highest BCUT2D eigenvalue weighted by atomic mass is 127. The fourth-order valence-corrected chi connectivity index (χ4v) is 7.75. The lowest BCUT2D eigenvalue weighted by molar-refractivity contribution is 1.31. The number of aromatic nitrogens is 4. The third-order valence-corrected chi connectivity index (χ3v) is 17.7. The van der Waals surface area contributed by atoms with Gasteiger partial charge in [-0.05, 0) is 205 Å². The number of rotatable bonds is 0. The van der Waals surface area contributed by atoms with Crippen molar-refractivity contribution in [2.24, 2.45) is 0 Å². The van der Waals surface area contributed by atoms with E-state index in [2.05, 4.69) is 215 Å². The van der Waals surface area contributed by atoms with Crippen molar-refractivity contribution in [2.45, 2.75) is 0 Å². The van der Waals surface area contributed by atoms with Crippen LogP contribution in [0.3, 0.4) is 0 Å². The molecule has 5 heterocycles. The number of nitrogens with zero attached hydrogens (tertiary/aromatic N) is 2. The maximum atomic E-state index is 4.97. The molecule has 2 aliphatic heterocycles. The molecular weight excluding hydrogens is 1310 g/mol. The Morgan fingerprint density at radius 1 is 0.406 bits per heavy atom. The lowest BCUT2D eigenvalue weighted by atomic mass is 10.3. The van der Waals surface area contributed by atoms with Crippen LogP contribution in [0, 0.1) is 14.3 Å². The van der Waals surface area contributed by atoms with Crippen molar-refractivity contribution in [1.29, 1.82) is 0 Å². The van der Waals surface area contributed by atoms with E-state index < -0.39 is 0 Å². The third kappa shape index (κ3) is 4.72. The van der Waals surface area contributed by atoms with Crippen LogP contribution in [0.25, 0.3) is 36.4 Å². The zero-order chi connectivity index (χ0) is 22.9. The molecule has 0 spiro atoms. The molecule has 0 atom stereocenters. The molecule has 0 saturated carbocycles. The summed E-state index contributed by atoms with van der Waals surface area (Å²) in [6.07, 6.45) is 0. The minimum atomic E-state index is 0.983. The molecular formula is C20H6I8N4. The zero-order valence-corrected chi connectivity index (χ0v) is 32.5. The van der Waals surface area contributed by atoms with Gasteiger partial charge in [0.25, 0.3) is 0 Å². The number of aromatic amines is 2. The van der Waals surface area contributed by atoms with Gasteiger partial charge in [0.1, 0.15) is 0 Å². The van der Waals surface area contributed by atoms with Gasteiger partial charge in [-0.3, -0.25) is 0 Å². The predicted molar refractivity (Wildman–Crippen MR) is 202 cm³/mol. The maximum Gasteiger partial charge on any atom is 0.0803 e. The summed E-state index contributed by atoms with van der Waals surface area (Å²) in [5.74, 6) is 0. The molecule has 0 saturated heterocycles. The molecule has 0 unspecified atom stereocenters. The van der Waals surface area contributed by atoms with Crippen molar-refractivity contribution in [3.8, 4) is 0 Å². The molecule has 0 fully saturated rings. The van der Waals surface area contributed by atoms with Crippen LogP contribution in [0.15, 0.2) is 24.3 Å². The van der Waals surface area contributed by atoms with E-state index in [1.807, 2.05) is 0 Å². The van der Waals surface area contributed by atoms with Gasteiger partial charge in [-0.25, -0.2) is 9.97 Å². The molecule has 162 valence electrons. The van der Waals surface area contributed by atoms with Crippen molar-refractivity contribution in [2.75, 3.05) is 0 Å². The van der Waals surface area contributed by atoms with Crippen molar-refractivity contribution in [3.05, 3.63) is 61.3 Å². The normalized spacial score (nSPS) is 14.0. The summed E-state index contributed by atoms with van der Waals surface area (Å²) in [5.41, 5.74) is 8.21. The van der Waals surface area contributed by atoms with Crippen LogP contribution in [0.4, 0.5) is 0 Å². The highest BCUT2D eigenvalue weighted by Gasteiger charge is 2.20. The first kappa shape index (κ1) is 26.1. The average Bonchev–Trinajstić information content (AvgIpc) is 3.37. The van der Waals surface area contributed by atoms with Crippen molar-refractivity contribution in [3.63, 3.8) is 0 Å². The van der Waals surface area contributed by atoms with E-state index in [9.17, 15) is 0 Å². The Morgan fingerprint density at radius 3 is 0.844 bits per heavy atom. The molecule has 2 aliphatic rings. The Morgan fingerprint density at radius 2 is 0.625 bits per heavy atom. The molecule has 0 aliphatic carbocycles. The van der Waals surface area contributed by atoms with Crippen LogP contribution in [-0.4, -0.2) is 19.9 Å². The van der Waals surface area contributed by atoms with E-state index in [1.54, 1.807) is 0 Å². The number of hydrogen-bond acceptors (Lipinski definition) is 2. The highest BCUT2D eigenvalue weighted by molar-refractivity contribution is 14.1. The van der Waals surface area contributed by atoms with Crippen molar-refractivity contribution in [1.82, 2.24) is 19.9 Å². The standard InChI is InChI=1S/C20H6I8N4/c21-13-5-1-6-14(22)16(24)8(30-6)3-10-18(26)20(28)12(32-10)4-11-19(27)17(25)9(31-11)2-7(29-5)15(13)23/h1-4,29,32H. The van der Waals surface area contributed by atoms with Crippen LogP contribution in [-0.2, 0) is 0 Å². The molecule has 0 aromatic carbocycles. The number of H-pyrrole nitrogens is 2. The molecule has 3 aromatic heterocycles. The molecule has 2 N–H and O–H groups in total. The largest absolute Gasteiger partial charge is 0.354 e.